The molecule has 3 rings (SSSR count). The van der Waals surface area contributed by atoms with E-state index in [1.807, 2.05) is 42.5 Å². The fraction of sp³-hybridized carbons (Fsp3) is 0.333. The van der Waals surface area contributed by atoms with E-state index in [0.29, 0.717) is 19.5 Å². The van der Waals surface area contributed by atoms with Crippen LogP contribution in [0.5, 0.6) is 0 Å². The van der Waals surface area contributed by atoms with Crippen molar-refractivity contribution in [3.8, 4) is 0 Å². The third-order valence-electron chi connectivity index (χ3n) is 4.10. The largest absolute Gasteiger partial charge is 0.349 e. The van der Waals surface area contributed by atoms with Crippen molar-refractivity contribution >= 4 is 39.1 Å². The normalized spacial score (nSPS) is 16.0. The van der Waals surface area contributed by atoms with Gasteiger partial charge >= 0.3 is 0 Å². The predicted octanol–water partition coefficient (Wildman–Crippen LogP) is 3.88. The summed E-state index contributed by atoms with van der Waals surface area (Å²) in [6, 6.07) is 12.9. The van der Waals surface area contributed by atoms with Crippen molar-refractivity contribution in [1.82, 2.24) is 10.2 Å². The quantitative estimate of drug-likeness (QED) is 0.818. The standard InChI is InChI=1S/C18H19BrN2O2S/c19-15-10-9-14(24-15)12-20-18(23)17(13-6-2-1-3-7-13)21-11-5-4-8-16(21)22/h1-3,6-7,9-10,17H,4-5,8,11-12H2,(H,20,23). The van der Waals surface area contributed by atoms with E-state index in [-0.39, 0.29) is 11.8 Å². The lowest BCUT2D eigenvalue weighted by molar-refractivity contribution is -0.142. The molecule has 0 bridgehead atoms. The van der Waals surface area contributed by atoms with Crippen molar-refractivity contribution < 1.29 is 9.59 Å². The predicted molar refractivity (Wildman–Crippen MR) is 98.6 cm³/mol. The maximum Gasteiger partial charge on any atom is 0.247 e. The summed E-state index contributed by atoms with van der Waals surface area (Å²) >= 11 is 5.02. The molecule has 1 atom stereocenters. The summed E-state index contributed by atoms with van der Waals surface area (Å²) in [5.41, 5.74) is 0.859. The van der Waals surface area contributed by atoms with Gasteiger partial charge < -0.3 is 10.2 Å². The topological polar surface area (TPSA) is 49.4 Å². The van der Waals surface area contributed by atoms with Crippen LogP contribution in [-0.4, -0.2) is 23.3 Å². The number of rotatable bonds is 5. The van der Waals surface area contributed by atoms with Gasteiger partial charge in [-0.25, -0.2) is 0 Å². The van der Waals surface area contributed by atoms with Gasteiger partial charge in [-0.05, 0) is 46.5 Å². The van der Waals surface area contributed by atoms with Gasteiger partial charge in [-0.3, -0.25) is 9.59 Å². The molecule has 2 heterocycles. The van der Waals surface area contributed by atoms with Crippen molar-refractivity contribution in [2.45, 2.75) is 31.8 Å². The van der Waals surface area contributed by atoms with Crippen LogP contribution in [0.15, 0.2) is 46.3 Å². The highest BCUT2D eigenvalue weighted by molar-refractivity contribution is 9.11. The lowest BCUT2D eigenvalue weighted by Gasteiger charge is -2.34. The summed E-state index contributed by atoms with van der Waals surface area (Å²) in [6.45, 7) is 1.11. The van der Waals surface area contributed by atoms with Crippen LogP contribution in [0, 0.1) is 0 Å². The minimum absolute atomic E-state index is 0.0594. The molecule has 2 amide bonds. The Balaban J connectivity index is 1.78. The zero-order chi connectivity index (χ0) is 16.9. The van der Waals surface area contributed by atoms with Crippen LogP contribution in [-0.2, 0) is 16.1 Å². The van der Waals surface area contributed by atoms with Crippen LogP contribution in [0.3, 0.4) is 0 Å². The highest BCUT2D eigenvalue weighted by atomic mass is 79.9. The van der Waals surface area contributed by atoms with E-state index in [2.05, 4.69) is 21.2 Å². The van der Waals surface area contributed by atoms with Gasteiger partial charge in [-0.1, -0.05) is 30.3 Å². The third-order valence-corrected chi connectivity index (χ3v) is 5.72. The number of thiophene rings is 1. The number of piperidine rings is 1. The van der Waals surface area contributed by atoms with E-state index in [0.717, 1.165) is 27.1 Å². The highest BCUT2D eigenvalue weighted by Gasteiger charge is 2.32. The van der Waals surface area contributed by atoms with Crippen molar-refractivity contribution in [2.24, 2.45) is 0 Å². The van der Waals surface area contributed by atoms with E-state index in [1.165, 1.54) is 0 Å². The molecule has 0 radical (unpaired) electrons. The molecule has 1 aliphatic heterocycles. The van der Waals surface area contributed by atoms with Gasteiger partial charge in [0.15, 0.2) is 0 Å². The zero-order valence-electron chi connectivity index (χ0n) is 13.2. The fourth-order valence-corrected chi connectivity index (χ4v) is 4.35. The van der Waals surface area contributed by atoms with Gasteiger partial charge in [0.25, 0.3) is 0 Å². The number of hydrogen-bond acceptors (Lipinski definition) is 3. The smallest absolute Gasteiger partial charge is 0.247 e. The molecule has 1 aromatic carbocycles. The Labute approximate surface area is 154 Å². The number of nitrogens with zero attached hydrogens (tertiary/aromatic N) is 1. The Hall–Kier alpha value is -1.66. The Bertz CT molecular complexity index is 717. The first-order chi connectivity index (χ1) is 11.6. The molecule has 1 N–H and O–H groups in total. The monoisotopic (exact) mass is 406 g/mol. The van der Waals surface area contributed by atoms with Crippen LogP contribution in [0.2, 0.25) is 0 Å². The van der Waals surface area contributed by atoms with Crippen molar-refractivity contribution in [3.63, 3.8) is 0 Å². The van der Waals surface area contributed by atoms with Gasteiger partial charge in [0.05, 0.1) is 10.3 Å². The molecule has 126 valence electrons. The summed E-state index contributed by atoms with van der Waals surface area (Å²) in [6.07, 6.45) is 2.37. The van der Waals surface area contributed by atoms with Crippen LogP contribution in [0.1, 0.15) is 35.7 Å². The first-order valence-corrected chi connectivity index (χ1v) is 9.62. The number of hydrogen-bond donors (Lipinski definition) is 1. The van der Waals surface area contributed by atoms with Crippen molar-refractivity contribution in [3.05, 3.63) is 56.7 Å². The maximum atomic E-state index is 12.9. The van der Waals surface area contributed by atoms with E-state index in [1.54, 1.807) is 16.2 Å². The van der Waals surface area contributed by atoms with Gasteiger partial charge in [-0.2, -0.15) is 0 Å². The zero-order valence-corrected chi connectivity index (χ0v) is 15.6. The molecule has 24 heavy (non-hydrogen) atoms. The highest BCUT2D eigenvalue weighted by Crippen LogP contribution is 2.26. The molecule has 4 nitrogen and oxygen atoms in total. The summed E-state index contributed by atoms with van der Waals surface area (Å²) in [4.78, 5) is 28.0. The number of benzene rings is 1. The molecule has 1 saturated heterocycles. The molecule has 1 unspecified atom stereocenters. The summed E-state index contributed by atoms with van der Waals surface area (Å²) in [7, 11) is 0. The average molecular weight is 407 g/mol. The summed E-state index contributed by atoms with van der Waals surface area (Å²) in [5, 5.41) is 2.99. The molecule has 2 aromatic rings. The van der Waals surface area contributed by atoms with E-state index in [9.17, 15) is 9.59 Å². The van der Waals surface area contributed by atoms with Gasteiger partial charge in [0, 0.05) is 17.8 Å². The second-order valence-electron chi connectivity index (χ2n) is 5.78. The number of halogens is 1. The SMILES string of the molecule is O=C(NCc1ccc(Br)s1)C(c1ccccc1)N1CCCCC1=O. The van der Waals surface area contributed by atoms with E-state index >= 15 is 0 Å². The fourth-order valence-electron chi connectivity index (χ4n) is 2.93. The number of carbonyl (C=O) groups excluding carboxylic acids is 2. The lowest BCUT2D eigenvalue weighted by atomic mass is 10.0. The molecule has 6 heteroatoms. The molecule has 0 aliphatic carbocycles. The van der Waals surface area contributed by atoms with Gasteiger partial charge in [0.1, 0.15) is 6.04 Å². The Morgan fingerprint density at radius 3 is 2.67 bits per heavy atom. The molecular formula is C18H19BrN2O2S. The van der Waals surface area contributed by atoms with Crippen LogP contribution in [0.25, 0.3) is 0 Å². The summed E-state index contributed by atoms with van der Waals surface area (Å²) in [5.74, 6) is -0.0647. The Morgan fingerprint density at radius 1 is 1.21 bits per heavy atom. The molecule has 1 aliphatic rings. The van der Waals surface area contributed by atoms with Gasteiger partial charge in [0.2, 0.25) is 11.8 Å². The minimum atomic E-state index is -0.553. The number of likely N-dealkylation sites (tertiary alicyclic amines) is 1. The molecule has 0 saturated carbocycles. The Morgan fingerprint density at radius 2 is 2.00 bits per heavy atom. The number of carbonyl (C=O) groups is 2. The second-order valence-corrected chi connectivity index (χ2v) is 8.33. The molecule has 1 aromatic heterocycles. The first kappa shape index (κ1) is 17.2. The summed E-state index contributed by atoms with van der Waals surface area (Å²) < 4.78 is 1.04. The minimum Gasteiger partial charge on any atom is -0.349 e. The average Bonchev–Trinajstić information content (AvgIpc) is 3.01. The molecule has 0 spiro atoms. The lowest BCUT2D eigenvalue weighted by Crippen LogP contribution is -2.45. The van der Waals surface area contributed by atoms with Crippen LogP contribution in [0.4, 0.5) is 0 Å². The van der Waals surface area contributed by atoms with Gasteiger partial charge in [-0.15, -0.1) is 11.3 Å². The number of amides is 2. The first-order valence-electron chi connectivity index (χ1n) is 8.01. The van der Waals surface area contributed by atoms with E-state index < -0.39 is 6.04 Å². The van der Waals surface area contributed by atoms with Crippen LogP contribution < -0.4 is 5.32 Å². The second kappa shape index (κ2) is 7.94. The van der Waals surface area contributed by atoms with Crippen molar-refractivity contribution in [1.29, 1.82) is 0 Å². The van der Waals surface area contributed by atoms with Crippen molar-refractivity contribution in [2.75, 3.05) is 6.54 Å². The Kier molecular flexibility index (Phi) is 5.68. The number of nitrogens with one attached hydrogen (secondary N) is 1. The molecular weight excluding hydrogens is 388 g/mol. The van der Waals surface area contributed by atoms with E-state index in [4.69, 9.17) is 0 Å². The third kappa shape index (κ3) is 4.05. The molecule has 1 fully saturated rings. The van der Waals surface area contributed by atoms with Crippen LogP contribution >= 0.6 is 27.3 Å². The maximum absolute atomic E-state index is 12.9.